The van der Waals surface area contributed by atoms with Crippen molar-refractivity contribution in [1.29, 1.82) is 0 Å². The maximum absolute atomic E-state index is 13.6. The standard InChI is InChI=1S/C15H12F3N/c16-10-7-12(17)15(13(18)8-10)19-14-6-5-9-3-1-2-4-11(9)14/h1-4,7-8,14,19H,5-6H2. The number of nitrogens with one attached hydrogen (secondary N) is 1. The van der Waals surface area contributed by atoms with Crippen molar-refractivity contribution in [2.45, 2.75) is 18.9 Å². The van der Waals surface area contributed by atoms with Crippen LogP contribution in [0.25, 0.3) is 0 Å². The maximum Gasteiger partial charge on any atom is 0.152 e. The highest BCUT2D eigenvalue weighted by Crippen LogP contribution is 2.35. The molecule has 19 heavy (non-hydrogen) atoms. The highest BCUT2D eigenvalue weighted by Gasteiger charge is 2.24. The monoisotopic (exact) mass is 263 g/mol. The van der Waals surface area contributed by atoms with Crippen LogP contribution in [0.5, 0.6) is 0 Å². The van der Waals surface area contributed by atoms with Crippen LogP contribution < -0.4 is 5.32 Å². The molecule has 3 rings (SSSR count). The summed E-state index contributed by atoms with van der Waals surface area (Å²) in [5, 5.41) is 2.84. The maximum atomic E-state index is 13.6. The summed E-state index contributed by atoms with van der Waals surface area (Å²) in [4.78, 5) is 0. The van der Waals surface area contributed by atoms with Crippen molar-refractivity contribution >= 4 is 5.69 Å². The lowest BCUT2D eigenvalue weighted by molar-refractivity contribution is 0.544. The molecular weight excluding hydrogens is 251 g/mol. The predicted molar refractivity (Wildman–Crippen MR) is 67.4 cm³/mol. The molecule has 1 aliphatic carbocycles. The van der Waals surface area contributed by atoms with E-state index < -0.39 is 17.5 Å². The average molecular weight is 263 g/mol. The van der Waals surface area contributed by atoms with Crippen LogP contribution >= 0.6 is 0 Å². The van der Waals surface area contributed by atoms with Gasteiger partial charge in [0.15, 0.2) is 11.6 Å². The molecule has 0 saturated heterocycles. The van der Waals surface area contributed by atoms with E-state index in [0.29, 0.717) is 12.1 Å². The molecule has 0 aromatic heterocycles. The van der Waals surface area contributed by atoms with E-state index in [4.69, 9.17) is 0 Å². The second kappa shape index (κ2) is 4.61. The van der Waals surface area contributed by atoms with Gasteiger partial charge in [-0.15, -0.1) is 0 Å². The van der Waals surface area contributed by atoms with Crippen molar-refractivity contribution in [2.24, 2.45) is 0 Å². The van der Waals surface area contributed by atoms with Crippen molar-refractivity contribution in [1.82, 2.24) is 0 Å². The summed E-state index contributed by atoms with van der Waals surface area (Å²) in [5.41, 5.74) is 1.97. The lowest BCUT2D eigenvalue weighted by Gasteiger charge is -2.16. The molecule has 4 heteroatoms. The minimum atomic E-state index is -0.910. The first-order valence-electron chi connectivity index (χ1n) is 6.14. The Morgan fingerprint density at radius 3 is 2.42 bits per heavy atom. The van der Waals surface area contributed by atoms with Crippen molar-refractivity contribution < 1.29 is 13.2 Å². The van der Waals surface area contributed by atoms with E-state index in [1.54, 1.807) is 0 Å². The van der Waals surface area contributed by atoms with Gasteiger partial charge >= 0.3 is 0 Å². The Bertz CT molecular complexity index is 602. The third-order valence-electron chi connectivity index (χ3n) is 3.46. The topological polar surface area (TPSA) is 12.0 Å². The van der Waals surface area contributed by atoms with Crippen LogP contribution in [-0.2, 0) is 6.42 Å². The van der Waals surface area contributed by atoms with Gasteiger partial charge < -0.3 is 5.32 Å². The molecule has 0 bridgehead atoms. The van der Waals surface area contributed by atoms with Gasteiger partial charge in [-0.2, -0.15) is 0 Å². The minimum absolute atomic E-state index is 0.134. The summed E-state index contributed by atoms with van der Waals surface area (Å²) in [7, 11) is 0. The molecule has 1 unspecified atom stereocenters. The number of aryl methyl sites for hydroxylation is 1. The Morgan fingerprint density at radius 1 is 1.00 bits per heavy atom. The van der Waals surface area contributed by atoms with Crippen molar-refractivity contribution in [2.75, 3.05) is 5.32 Å². The lowest BCUT2D eigenvalue weighted by atomic mass is 10.1. The molecule has 2 aromatic rings. The number of fused-ring (bicyclic) bond motifs is 1. The normalized spacial score (nSPS) is 17.3. The zero-order valence-corrected chi connectivity index (χ0v) is 10.1. The second-order valence-electron chi connectivity index (χ2n) is 4.68. The van der Waals surface area contributed by atoms with Gasteiger partial charge in [-0.05, 0) is 24.0 Å². The number of hydrogen-bond donors (Lipinski definition) is 1. The van der Waals surface area contributed by atoms with Gasteiger partial charge in [-0.1, -0.05) is 24.3 Å². The lowest BCUT2D eigenvalue weighted by Crippen LogP contribution is -2.10. The zero-order valence-electron chi connectivity index (χ0n) is 10.1. The van der Waals surface area contributed by atoms with Gasteiger partial charge in [-0.25, -0.2) is 13.2 Å². The molecule has 0 saturated carbocycles. The van der Waals surface area contributed by atoms with Gasteiger partial charge in [0.25, 0.3) is 0 Å². The van der Waals surface area contributed by atoms with Crippen molar-refractivity contribution in [3.63, 3.8) is 0 Å². The smallest absolute Gasteiger partial charge is 0.152 e. The third-order valence-corrected chi connectivity index (χ3v) is 3.46. The number of anilines is 1. The van der Waals surface area contributed by atoms with Crippen LogP contribution in [0, 0.1) is 17.5 Å². The largest absolute Gasteiger partial charge is 0.373 e. The fourth-order valence-corrected chi connectivity index (χ4v) is 2.56. The highest BCUT2D eigenvalue weighted by molar-refractivity contribution is 5.50. The quantitative estimate of drug-likeness (QED) is 0.856. The summed E-state index contributed by atoms with van der Waals surface area (Å²) in [6.07, 6.45) is 1.65. The van der Waals surface area contributed by atoms with Crippen LogP contribution in [-0.4, -0.2) is 0 Å². The van der Waals surface area contributed by atoms with Crippen LogP contribution in [0.15, 0.2) is 36.4 Å². The van der Waals surface area contributed by atoms with Crippen LogP contribution in [0.3, 0.4) is 0 Å². The molecule has 0 radical (unpaired) electrons. The summed E-state index contributed by atoms with van der Waals surface area (Å²) in [5.74, 6) is -2.71. The fraction of sp³-hybridized carbons (Fsp3) is 0.200. The van der Waals surface area contributed by atoms with Crippen LogP contribution in [0.1, 0.15) is 23.6 Å². The molecule has 98 valence electrons. The van der Waals surface area contributed by atoms with Crippen LogP contribution in [0.4, 0.5) is 18.9 Å². The Balaban J connectivity index is 1.92. The van der Waals surface area contributed by atoms with E-state index in [9.17, 15) is 13.2 Å². The first kappa shape index (κ1) is 12.1. The van der Waals surface area contributed by atoms with Gasteiger partial charge in [-0.3, -0.25) is 0 Å². The molecule has 0 aliphatic heterocycles. The van der Waals surface area contributed by atoms with Gasteiger partial charge in [0.2, 0.25) is 0 Å². The van der Waals surface area contributed by atoms with Crippen molar-refractivity contribution in [3.8, 4) is 0 Å². The fourth-order valence-electron chi connectivity index (χ4n) is 2.56. The molecule has 0 heterocycles. The second-order valence-corrected chi connectivity index (χ2v) is 4.68. The van der Waals surface area contributed by atoms with E-state index in [1.807, 2.05) is 24.3 Å². The molecule has 0 spiro atoms. The summed E-state index contributed by atoms with van der Waals surface area (Å²) in [6, 6.07) is 9.04. The van der Waals surface area contributed by atoms with E-state index in [1.165, 1.54) is 5.56 Å². The van der Waals surface area contributed by atoms with Gasteiger partial charge in [0.1, 0.15) is 11.5 Å². The summed E-state index contributed by atoms with van der Waals surface area (Å²) in [6.45, 7) is 0. The number of hydrogen-bond acceptors (Lipinski definition) is 1. The molecule has 0 fully saturated rings. The first-order chi connectivity index (χ1) is 9.15. The van der Waals surface area contributed by atoms with Gasteiger partial charge in [0.05, 0.1) is 6.04 Å². The molecule has 1 nitrogen and oxygen atoms in total. The average Bonchev–Trinajstić information content (AvgIpc) is 2.77. The highest BCUT2D eigenvalue weighted by atomic mass is 19.1. The number of benzene rings is 2. The SMILES string of the molecule is Fc1cc(F)c(NC2CCc3ccccc32)c(F)c1. The van der Waals surface area contributed by atoms with Gasteiger partial charge in [0, 0.05) is 12.1 Å². The Morgan fingerprint density at radius 2 is 1.68 bits per heavy atom. The zero-order chi connectivity index (χ0) is 13.4. The minimum Gasteiger partial charge on any atom is -0.373 e. The van der Waals surface area contributed by atoms with Crippen LogP contribution in [0.2, 0.25) is 0 Å². The molecule has 0 amide bonds. The summed E-state index contributed by atoms with van der Waals surface area (Å²) < 4.78 is 40.0. The first-order valence-corrected chi connectivity index (χ1v) is 6.14. The van der Waals surface area contributed by atoms with E-state index in [0.717, 1.165) is 18.4 Å². The Kier molecular flexibility index (Phi) is 2.93. The number of halogens is 3. The Hall–Kier alpha value is -1.97. The Labute approximate surface area is 109 Å². The molecule has 1 aliphatic rings. The predicted octanol–water partition coefficient (Wildman–Crippen LogP) is 4.20. The molecule has 1 N–H and O–H groups in total. The molecule has 1 atom stereocenters. The molecule has 2 aromatic carbocycles. The number of rotatable bonds is 2. The molecular formula is C15H12F3N. The van der Waals surface area contributed by atoms with E-state index >= 15 is 0 Å². The van der Waals surface area contributed by atoms with E-state index in [2.05, 4.69) is 5.32 Å². The third kappa shape index (κ3) is 2.18. The summed E-state index contributed by atoms with van der Waals surface area (Å²) >= 11 is 0. The van der Waals surface area contributed by atoms with E-state index in [-0.39, 0.29) is 11.7 Å². The van der Waals surface area contributed by atoms with Crippen molar-refractivity contribution in [3.05, 3.63) is 65.0 Å².